The summed E-state index contributed by atoms with van der Waals surface area (Å²) < 4.78 is 5.34. The maximum atomic E-state index is 6.15. The molecule has 0 amide bonds. The zero-order valence-electron chi connectivity index (χ0n) is 10.4. The van der Waals surface area contributed by atoms with Gasteiger partial charge in [0, 0.05) is 24.2 Å². The Hall–Kier alpha value is -1.94. The van der Waals surface area contributed by atoms with Crippen LogP contribution in [-0.2, 0) is 6.42 Å². The van der Waals surface area contributed by atoms with Crippen molar-refractivity contribution in [2.45, 2.75) is 19.4 Å². The Morgan fingerprint density at radius 3 is 2.72 bits per heavy atom. The van der Waals surface area contributed by atoms with Crippen molar-refractivity contribution in [3.8, 4) is 5.88 Å². The predicted molar refractivity (Wildman–Crippen MR) is 70.3 cm³/mol. The molecule has 0 saturated carbocycles. The van der Waals surface area contributed by atoms with E-state index in [1.54, 1.807) is 0 Å². The molecule has 2 N–H and O–H groups in total. The number of aromatic nitrogens is 2. The fourth-order valence-electron chi connectivity index (χ4n) is 1.76. The minimum atomic E-state index is -0.0597. The topological polar surface area (TPSA) is 61.0 Å². The molecule has 0 aliphatic heterocycles. The Bertz CT molecular complexity index is 487. The quantitative estimate of drug-likeness (QED) is 0.873. The number of hydrogen-bond donors (Lipinski definition) is 1. The van der Waals surface area contributed by atoms with Gasteiger partial charge in [-0.25, -0.2) is 9.97 Å². The molecule has 0 aliphatic rings. The molecule has 1 aromatic heterocycles. The lowest BCUT2D eigenvalue weighted by atomic mass is 10.0. The first-order valence-corrected chi connectivity index (χ1v) is 6.04. The summed E-state index contributed by atoms with van der Waals surface area (Å²) >= 11 is 0. The molecular formula is C14H17N3O. The number of hydrogen-bond acceptors (Lipinski definition) is 4. The third-order valence-corrected chi connectivity index (χ3v) is 2.65. The fraction of sp³-hybridized carbons (Fsp3) is 0.286. The normalized spacial score (nSPS) is 12.1. The molecule has 4 heteroatoms. The predicted octanol–water partition coefficient (Wildman–Crippen LogP) is 2.12. The van der Waals surface area contributed by atoms with Crippen LogP contribution < -0.4 is 10.5 Å². The molecule has 1 atom stereocenters. The third kappa shape index (κ3) is 3.28. The van der Waals surface area contributed by atoms with Crippen molar-refractivity contribution in [2.75, 3.05) is 6.61 Å². The molecule has 2 aromatic rings. The molecule has 0 bridgehead atoms. The van der Waals surface area contributed by atoms with Gasteiger partial charge in [-0.2, -0.15) is 0 Å². The lowest BCUT2D eigenvalue weighted by Gasteiger charge is -2.11. The van der Waals surface area contributed by atoms with E-state index in [2.05, 4.69) is 9.97 Å². The summed E-state index contributed by atoms with van der Waals surface area (Å²) in [6.07, 6.45) is 2.19. The summed E-state index contributed by atoms with van der Waals surface area (Å²) in [5, 5.41) is 0. The number of rotatable bonds is 5. The minimum Gasteiger partial charge on any atom is -0.478 e. The van der Waals surface area contributed by atoms with Crippen molar-refractivity contribution in [1.29, 1.82) is 0 Å². The molecule has 1 heterocycles. The lowest BCUT2D eigenvalue weighted by Crippen LogP contribution is -2.14. The monoisotopic (exact) mass is 243 g/mol. The molecule has 1 unspecified atom stereocenters. The number of benzene rings is 1. The van der Waals surface area contributed by atoms with Crippen LogP contribution in [0.4, 0.5) is 0 Å². The van der Waals surface area contributed by atoms with E-state index in [0.29, 0.717) is 18.9 Å². The molecule has 0 saturated heterocycles. The van der Waals surface area contributed by atoms with E-state index in [4.69, 9.17) is 10.5 Å². The van der Waals surface area contributed by atoms with Gasteiger partial charge in [-0.05, 0) is 12.5 Å². The van der Waals surface area contributed by atoms with E-state index in [0.717, 1.165) is 11.3 Å². The van der Waals surface area contributed by atoms with E-state index in [9.17, 15) is 0 Å². The lowest BCUT2D eigenvalue weighted by molar-refractivity contribution is 0.325. The molecule has 94 valence electrons. The van der Waals surface area contributed by atoms with Gasteiger partial charge >= 0.3 is 0 Å². The first-order valence-electron chi connectivity index (χ1n) is 6.04. The van der Waals surface area contributed by atoms with Crippen molar-refractivity contribution in [1.82, 2.24) is 9.97 Å². The van der Waals surface area contributed by atoms with Gasteiger partial charge in [0.05, 0.1) is 6.61 Å². The molecule has 0 spiro atoms. The summed E-state index contributed by atoms with van der Waals surface area (Å²) in [7, 11) is 0. The van der Waals surface area contributed by atoms with Gasteiger partial charge in [-0.1, -0.05) is 30.3 Å². The second kappa shape index (κ2) is 6.12. The van der Waals surface area contributed by atoms with Crippen molar-refractivity contribution in [3.05, 3.63) is 54.0 Å². The highest BCUT2D eigenvalue weighted by Crippen LogP contribution is 2.16. The smallest absolute Gasteiger partial charge is 0.216 e. The average Bonchev–Trinajstić information content (AvgIpc) is 2.40. The van der Waals surface area contributed by atoms with Crippen LogP contribution in [0.5, 0.6) is 5.88 Å². The largest absolute Gasteiger partial charge is 0.478 e. The zero-order chi connectivity index (χ0) is 12.8. The van der Waals surface area contributed by atoms with Crippen LogP contribution >= 0.6 is 0 Å². The van der Waals surface area contributed by atoms with Crippen LogP contribution in [0.25, 0.3) is 0 Å². The summed E-state index contributed by atoms with van der Waals surface area (Å²) in [6, 6.07) is 11.8. The zero-order valence-corrected chi connectivity index (χ0v) is 10.4. The molecular weight excluding hydrogens is 226 g/mol. The van der Waals surface area contributed by atoms with Gasteiger partial charge in [0.1, 0.15) is 6.33 Å². The Labute approximate surface area is 107 Å². The Kier molecular flexibility index (Phi) is 4.25. The van der Waals surface area contributed by atoms with E-state index in [1.165, 1.54) is 6.33 Å². The van der Waals surface area contributed by atoms with Crippen molar-refractivity contribution < 1.29 is 4.74 Å². The molecule has 1 aromatic carbocycles. The molecule has 0 radical (unpaired) electrons. The van der Waals surface area contributed by atoms with Crippen LogP contribution in [0.2, 0.25) is 0 Å². The van der Waals surface area contributed by atoms with Crippen LogP contribution in [0, 0.1) is 0 Å². The van der Waals surface area contributed by atoms with Crippen molar-refractivity contribution in [2.24, 2.45) is 5.73 Å². The Morgan fingerprint density at radius 1 is 1.22 bits per heavy atom. The number of nitrogens with two attached hydrogens (primary N) is 1. The third-order valence-electron chi connectivity index (χ3n) is 2.65. The molecule has 18 heavy (non-hydrogen) atoms. The SMILES string of the molecule is CCOc1cc(CC(N)c2ccccc2)ncn1. The highest BCUT2D eigenvalue weighted by Gasteiger charge is 2.08. The van der Waals surface area contributed by atoms with Gasteiger partial charge in [0.15, 0.2) is 0 Å². The maximum absolute atomic E-state index is 6.15. The van der Waals surface area contributed by atoms with E-state index >= 15 is 0 Å². The van der Waals surface area contributed by atoms with Crippen LogP contribution in [-0.4, -0.2) is 16.6 Å². The molecule has 4 nitrogen and oxygen atoms in total. The summed E-state index contributed by atoms with van der Waals surface area (Å²) in [5.74, 6) is 0.600. The maximum Gasteiger partial charge on any atom is 0.216 e. The van der Waals surface area contributed by atoms with Gasteiger partial charge in [-0.3, -0.25) is 0 Å². The first kappa shape index (κ1) is 12.5. The van der Waals surface area contributed by atoms with E-state index in [-0.39, 0.29) is 6.04 Å². The standard InChI is InChI=1S/C14H17N3O/c1-2-18-14-9-12(16-10-17-14)8-13(15)11-6-4-3-5-7-11/h3-7,9-10,13H,2,8,15H2,1H3. The van der Waals surface area contributed by atoms with E-state index < -0.39 is 0 Å². The van der Waals surface area contributed by atoms with Crippen molar-refractivity contribution in [3.63, 3.8) is 0 Å². The summed E-state index contributed by atoms with van der Waals surface area (Å²) in [4.78, 5) is 8.25. The first-order chi connectivity index (χ1) is 8.79. The van der Waals surface area contributed by atoms with Crippen LogP contribution in [0.3, 0.4) is 0 Å². The second-order valence-corrected chi connectivity index (χ2v) is 4.00. The van der Waals surface area contributed by atoms with E-state index in [1.807, 2.05) is 43.3 Å². The van der Waals surface area contributed by atoms with Gasteiger partial charge < -0.3 is 10.5 Å². The van der Waals surface area contributed by atoms with Gasteiger partial charge in [0.2, 0.25) is 5.88 Å². The Balaban J connectivity index is 2.07. The fourth-order valence-corrected chi connectivity index (χ4v) is 1.76. The molecule has 0 aliphatic carbocycles. The number of nitrogens with zero attached hydrogens (tertiary/aromatic N) is 2. The van der Waals surface area contributed by atoms with Crippen LogP contribution in [0.1, 0.15) is 24.2 Å². The highest BCUT2D eigenvalue weighted by atomic mass is 16.5. The number of ether oxygens (including phenoxy) is 1. The highest BCUT2D eigenvalue weighted by molar-refractivity contribution is 5.22. The molecule has 2 rings (SSSR count). The van der Waals surface area contributed by atoms with Crippen LogP contribution in [0.15, 0.2) is 42.7 Å². The summed E-state index contributed by atoms with van der Waals surface area (Å²) in [5.41, 5.74) is 8.15. The Morgan fingerprint density at radius 2 is 2.00 bits per heavy atom. The van der Waals surface area contributed by atoms with Gasteiger partial charge in [0.25, 0.3) is 0 Å². The minimum absolute atomic E-state index is 0.0597. The molecule has 0 fully saturated rings. The average molecular weight is 243 g/mol. The van der Waals surface area contributed by atoms with Gasteiger partial charge in [-0.15, -0.1) is 0 Å². The van der Waals surface area contributed by atoms with Crippen molar-refractivity contribution >= 4 is 0 Å². The second-order valence-electron chi connectivity index (χ2n) is 4.00. The summed E-state index contributed by atoms with van der Waals surface area (Å²) in [6.45, 7) is 2.53.